The van der Waals surface area contributed by atoms with Crippen molar-refractivity contribution in [3.63, 3.8) is 0 Å². The summed E-state index contributed by atoms with van der Waals surface area (Å²) in [6, 6.07) is 3.02. The van der Waals surface area contributed by atoms with E-state index in [4.69, 9.17) is 4.74 Å². The number of pyridine rings is 1. The molecule has 1 fully saturated rings. The molecular formula is C14H20N2O3. The van der Waals surface area contributed by atoms with E-state index in [-0.39, 0.29) is 11.5 Å². The molecule has 0 N–H and O–H groups in total. The van der Waals surface area contributed by atoms with Crippen LogP contribution in [0.5, 0.6) is 0 Å². The Labute approximate surface area is 112 Å². The molecule has 0 spiro atoms. The lowest BCUT2D eigenvalue weighted by molar-refractivity contribution is 0.0681. The average Bonchev–Trinajstić information content (AvgIpc) is 3.21. The van der Waals surface area contributed by atoms with E-state index in [1.165, 1.54) is 23.5 Å². The number of nitrogens with zero attached hydrogens (tertiary/aromatic N) is 2. The van der Waals surface area contributed by atoms with Gasteiger partial charge in [-0.1, -0.05) is 0 Å². The van der Waals surface area contributed by atoms with Gasteiger partial charge in [-0.15, -0.1) is 0 Å². The number of rotatable bonds is 6. The molecule has 1 aromatic rings. The summed E-state index contributed by atoms with van der Waals surface area (Å²) in [5.41, 5.74) is 0.247. The first-order valence-corrected chi connectivity index (χ1v) is 6.58. The summed E-state index contributed by atoms with van der Waals surface area (Å²) >= 11 is 0. The fraction of sp³-hybridized carbons (Fsp3) is 0.571. The van der Waals surface area contributed by atoms with Crippen molar-refractivity contribution in [2.45, 2.75) is 12.8 Å². The quantitative estimate of drug-likeness (QED) is 0.717. The lowest BCUT2D eigenvalue weighted by atomic mass is 10.2. The molecule has 0 aliphatic heterocycles. The predicted octanol–water partition coefficient (Wildman–Crippen LogP) is 0.884. The Balaban J connectivity index is 1.82. The van der Waals surface area contributed by atoms with Gasteiger partial charge in [-0.2, -0.15) is 0 Å². The van der Waals surface area contributed by atoms with Gasteiger partial charge >= 0.3 is 0 Å². The standard InChI is InChI=1S/C14H20N2O3/c1-15-6-5-12(9-13(15)17)14(18)16(2)7-8-19-10-11-3-4-11/h5-6,9,11H,3-4,7-8,10H2,1-2H3. The summed E-state index contributed by atoms with van der Waals surface area (Å²) in [6.45, 7) is 1.89. The fourth-order valence-corrected chi connectivity index (χ4v) is 1.74. The maximum atomic E-state index is 12.1. The molecule has 0 aromatic carbocycles. The van der Waals surface area contributed by atoms with E-state index in [0.717, 1.165) is 12.5 Å². The molecule has 1 amide bonds. The van der Waals surface area contributed by atoms with E-state index in [2.05, 4.69) is 0 Å². The van der Waals surface area contributed by atoms with E-state index in [9.17, 15) is 9.59 Å². The lowest BCUT2D eigenvalue weighted by Crippen LogP contribution is -2.31. The van der Waals surface area contributed by atoms with Crippen LogP contribution in [0.3, 0.4) is 0 Å². The van der Waals surface area contributed by atoms with Crippen LogP contribution in [-0.2, 0) is 11.8 Å². The van der Waals surface area contributed by atoms with Crippen LogP contribution < -0.4 is 5.56 Å². The van der Waals surface area contributed by atoms with Crippen LogP contribution in [0.4, 0.5) is 0 Å². The third-order valence-electron chi connectivity index (χ3n) is 3.32. The van der Waals surface area contributed by atoms with Crippen LogP contribution in [0.2, 0.25) is 0 Å². The molecule has 0 atom stereocenters. The number of amides is 1. The van der Waals surface area contributed by atoms with Crippen molar-refractivity contribution in [1.29, 1.82) is 0 Å². The molecule has 1 saturated carbocycles. The molecule has 0 saturated heterocycles. The number of ether oxygens (including phenoxy) is 1. The summed E-state index contributed by atoms with van der Waals surface area (Å²) < 4.78 is 6.94. The van der Waals surface area contributed by atoms with Crippen molar-refractivity contribution in [3.05, 3.63) is 34.2 Å². The van der Waals surface area contributed by atoms with Crippen molar-refractivity contribution < 1.29 is 9.53 Å². The number of carbonyl (C=O) groups excluding carboxylic acids is 1. The zero-order chi connectivity index (χ0) is 13.8. The molecule has 19 heavy (non-hydrogen) atoms. The maximum Gasteiger partial charge on any atom is 0.253 e. The van der Waals surface area contributed by atoms with Gasteiger partial charge < -0.3 is 14.2 Å². The van der Waals surface area contributed by atoms with Crippen molar-refractivity contribution in [3.8, 4) is 0 Å². The van der Waals surface area contributed by atoms with Crippen LogP contribution in [0.15, 0.2) is 23.1 Å². The minimum Gasteiger partial charge on any atom is -0.379 e. The second-order valence-corrected chi connectivity index (χ2v) is 5.11. The summed E-state index contributed by atoms with van der Waals surface area (Å²) in [7, 11) is 3.38. The minimum absolute atomic E-state index is 0.146. The first kappa shape index (κ1) is 13.8. The van der Waals surface area contributed by atoms with Crippen LogP contribution in [0.25, 0.3) is 0 Å². The molecule has 1 heterocycles. The van der Waals surface area contributed by atoms with E-state index in [0.29, 0.717) is 18.7 Å². The SMILES string of the molecule is CN(CCOCC1CC1)C(=O)c1ccn(C)c(=O)c1. The molecular weight excluding hydrogens is 244 g/mol. The monoisotopic (exact) mass is 264 g/mol. The number of likely N-dealkylation sites (N-methyl/N-ethyl adjacent to an activating group) is 1. The Kier molecular flexibility index (Phi) is 4.37. The van der Waals surface area contributed by atoms with Gasteiger partial charge in [-0.3, -0.25) is 9.59 Å². The highest BCUT2D eigenvalue weighted by atomic mass is 16.5. The summed E-state index contributed by atoms with van der Waals surface area (Å²) in [5, 5.41) is 0. The molecule has 1 aliphatic rings. The molecule has 1 aromatic heterocycles. The van der Waals surface area contributed by atoms with Gasteiger partial charge in [0.1, 0.15) is 0 Å². The summed E-state index contributed by atoms with van der Waals surface area (Å²) in [5.74, 6) is 0.589. The van der Waals surface area contributed by atoms with Crippen molar-refractivity contribution in [2.24, 2.45) is 13.0 Å². The van der Waals surface area contributed by atoms with E-state index < -0.39 is 0 Å². The van der Waals surface area contributed by atoms with Gasteiger partial charge in [0.2, 0.25) is 0 Å². The number of hydrogen-bond acceptors (Lipinski definition) is 3. The zero-order valence-electron chi connectivity index (χ0n) is 11.5. The first-order valence-electron chi connectivity index (χ1n) is 6.58. The Morgan fingerprint density at radius 1 is 1.53 bits per heavy atom. The van der Waals surface area contributed by atoms with Crippen molar-refractivity contribution in [1.82, 2.24) is 9.47 Å². The van der Waals surface area contributed by atoms with E-state index >= 15 is 0 Å². The average molecular weight is 264 g/mol. The third kappa shape index (κ3) is 3.92. The van der Waals surface area contributed by atoms with Gasteiger partial charge in [0.15, 0.2) is 0 Å². The molecule has 0 bridgehead atoms. The largest absolute Gasteiger partial charge is 0.379 e. The molecule has 104 valence electrons. The molecule has 0 unspecified atom stereocenters. The predicted molar refractivity (Wildman–Crippen MR) is 72.2 cm³/mol. The summed E-state index contributed by atoms with van der Waals surface area (Å²) in [4.78, 5) is 25.1. The molecule has 5 nitrogen and oxygen atoms in total. The van der Waals surface area contributed by atoms with Gasteiger partial charge in [0.05, 0.1) is 6.61 Å². The minimum atomic E-state index is -0.177. The number of hydrogen-bond donors (Lipinski definition) is 0. The summed E-state index contributed by atoms with van der Waals surface area (Å²) in [6.07, 6.45) is 4.14. The van der Waals surface area contributed by atoms with Gasteiger partial charge in [-0.05, 0) is 24.8 Å². The Morgan fingerprint density at radius 2 is 2.26 bits per heavy atom. The number of aromatic nitrogens is 1. The Bertz CT molecular complexity index is 506. The normalized spacial score (nSPS) is 14.4. The zero-order valence-corrected chi connectivity index (χ0v) is 11.5. The molecule has 0 radical (unpaired) electrons. The van der Waals surface area contributed by atoms with Crippen molar-refractivity contribution in [2.75, 3.05) is 26.8 Å². The number of carbonyl (C=O) groups is 1. The third-order valence-corrected chi connectivity index (χ3v) is 3.32. The highest BCUT2D eigenvalue weighted by Gasteiger charge is 2.21. The second kappa shape index (κ2) is 6.02. The van der Waals surface area contributed by atoms with Crippen LogP contribution in [0.1, 0.15) is 23.2 Å². The van der Waals surface area contributed by atoms with Crippen molar-refractivity contribution >= 4 is 5.91 Å². The maximum absolute atomic E-state index is 12.1. The van der Waals surface area contributed by atoms with Gasteiger partial charge in [-0.25, -0.2) is 0 Å². The van der Waals surface area contributed by atoms with E-state index in [1.54, 1.807) is 31.3 Å². The van der Waals surface area contributed by atoms with Crippen LogP contribution >= 0.6 is 0 Å². The van der Waals surface area contributed by atoms with Gasteiger partial charge in [0.25, 0.3) is 11.5 Å². The molecule has 2 rings (SSSR count). The molecule has 5 heteroatoms. The molecule has 1 aliphatic carbocycles. The van der Waals surface area contributed by atoms with Gasteiger partial charge in [0, 0.05) is 45.1 Å². The number of aryl methyl sites for hydroxylation is 1. The topological polar surface area (TPSA) is 51.5 Å². The smallest absolute Gasteiger partial charge is 0.253 e. The highest BCUT2D eigenvalue weighted by molar-refractivity contribution is 5.93. The van der Waals surface area contributed by atoms with E-state index in [1.807, 2.05) is 0 Å². The highest BCUT2D eigenvalue weighted by Crippen LogP contribution is 2.28. The Hall–Kier alpha value is -1.62. The first-order chi connectivity index (χ1) is 9.08. The Morgan fingerprint density at radius 3 is 2.89 bits per heavy atom. The fourth-order valence-electron chi connectivity index (χ4n) is 1.74. The lowest BCUT2D eigenvalue weighted by Gasteiger charge is -2.17. The van der Waals surface area contributed by atoms with Crippen LogP contribution in [-0.4, -0.2) is 42.2 Å². The second-order valence-electron chi connectivity index (χ2n) is 5.11. The van der Waals surface area contributed by atoms with Crippen LogP contribution in [0, 0.1) is 5.92 Å².